The SMILES string of the molecule is CN(CCCCCCNC12CC3CC(CC(C3)C1)C2)Cc1cccc2c1n(C)c(=O)n2C1CCC(=O)NC1=O. The van der Waals surface area contributed by atoms with Gasteiger partial charge in [-0.25, -0.2) is 4.79 Å². The summed E-state index contributed by atoms with van der Waals surface area (Å²) in [5, 5.41) is 6.42. The molecule has 0 radical (unpaired) electrons. The van der Waals surface area contributed by atoms with Gasteiger partial charge in [0.1, 0.15) is 6.04 Å². The van der Waals surface area contributed by atoms with E-state index in [4.69, 9.17) is 0 Å². The third kappa shape index (κ3) is 5.34. The molecule has 5 aliphatic rings. The Bertz CT molecular complexity index is 1260. The van der Waals surface area contributed by atoms with Gasteiger partial charge in [-0.2, -0.15) is 0 Å². The number of nitrogens with one attached hydrogen (secondary N) is 2. The minimum Gasteiger partial charge on any atom is -0.311 e. The lowest BCUT2D eigenvalue weighted by molar-refractivity contribution is -0.135. The zero-order valence-electron chi connectivity index (χ0n) is 23.7. The number of hydrogen-bond donors (Lipinski definition) is 2. The van der Waals surface area contributed by atoms with Crippen molar-refractivity contribution in [3.8, 4) is 0 Å². The Kier molecular flexibility index (Phi) is 7.44. The third-order valence-corrected chi connectivity index (χ3v) is 10.2. The molecule has 39 heavy (non-hydrogen) atoms. The van der Waals surface area contributed by atoms with Gasteiger partial charge in [0, 0.05) is 25.6 Å². The molecule has 2 N–H and O–H groups in total. The van der Waals surface area contributed by atoms with Crippen molar-refractivity contribution in [2.24, 2.45) is 24.8 Å². The quantitative estimate of drug-likeness (QED) is 0.337. The molecule has 212 valence electrons. The number of piperidine rings is 1. The molecule has 7 rings (SSSR count). The average Bonchev–Trinajstić information content (AvgIpc) is 3.13. The summed E-state index contributed by atoms with van der Waals surface area (Å²) in [6, 6.07) is 5.29. The molecule has 2 heterocycles. The second-order valence-corrected chi connectivity index (χ2v) is 13.2. The lowest BCUT2D eigenvalue weighted by Crippen LogP contribution is -2.58. The summed E-state index contributed by atoms with van der Waals surface area (Å²) < 4.78 is 3.22. The number of aryl methyl sites for hydroxylation is 1. The number of imidazole rings is 1. The third-order valence-electron chi connectivity index (χ3n) is 10.2. The number of rotatable bonds is 11. The maximum Gasteiger partial charge on any atom is 0.329 e. The fraction of sp³-hybridized carbons (Fsp3) is 0.710. The Labute approximate surface area is 231 Å². The Hall–Kier alpha value is -2.45. The Morgan fingerprint density at radius 2 is 1.69 bits per heavy atom. The number of fused-ring (bicyclic) bond motifs is 1. The molecular weight excluding hydrogens is 490 g/mol. The van der Waals surface area contributed by atoms with Crippen LogP contribution in [-0.4, -0.2) is 51.5 Å². The number of hydrogen-bond acceptors (Lipinski definition) is 5. The van der Waals surface area contributed by atoms with E-state index in [-0.39, 0.29) is 18.0 Å². The Balaban J connectivity index is 0.984. The van der Waals surface area contributed by atoms with E-state index < -0.39 is 11.9 Å². The van der Waals surface area contributed by atoms with Crippen molar-refractivity contribution < 1.29 is 9.59 Å². The summed E-state index contributed by atoms with van der Waals surface area (Å²) in [7, 11) is 3.91. The van der Waals surface area contributed by atoms with Gasteiger partial charge in [0.25, 0.3) is 0 Å². The second-order valence-electron chi connectivity index (χ2n) is 13.2. The van der Waals surface area contributed by atoms with Crippen molar-refractivity contribution >= 4 is 22.8 Å². The van der Waals surface area contributed by atoms with Crippen molar-refractivity contribution in [1.82, 2.24) is 24.7 Å². The second kappa shape index (κ2) is 10.8. The standard InChI is InChI=1S/C31H45N5O3/c1-34(13-6-4-3-5-12-32-31-17-21-14-22(18-31)16-23(15-21)19-31)20-24-8-7-9-25-28(24)35(2)30(39)36(25)26-10-11-27(37)33-29(26)38/h7-9,21-23,26,32H,3-6,10-20H2,1-2H3,(H,33,37,38). The highest BCUT2D eigenvalue weighted by Crippen LogP contribution is 2.55. The van der Waals surface area contributed by atoms with Crippen LogP contribution in [0.5, 0.6) is 0 Å². The van der Waals surface area contributed by atoms with Gasteiger partial charge in [-0.3, -0.25) is 24.0 Å². The molecule has 4 aliphatic carbocycles. The molecule has 2 amide bonds. The van der Waals surface area contributed by atoms with E-state index in [1.165, 1.54) is 70.8 Å². The summed E-state index contributed by atoms with van der Waals surface area (Å²) in [4.78, 5) is 39.6. The van der Waals surface area contributed by atoms with Gasteiger partial charge in [0.2, 0.25) is 11.8 Å². The number of amides is 2. The van der Waals surface area contributed by atoms with Gasteiger partial charge in [-0.15, -0.1) is 0 Å². The van der Waals surface area contributed by atoms with Crippen LogP contribution in [0.1, 0.15) is 88.7 Å². The first-order valence-corrected chi connectivity index (χ1v) is 15.3. The van der Waals surface area contributed by atoms with Crippen molar-refractivity contribution in [3.05, 3.63) is 34.2 Å². The number of carbonyl (C=O) groups excluding carboxylic acids is 2. The van der Waals surface area contributed by atoms with Crippen LogP contribution in [0.3, 0.4) is 0 Å². The largest absolute Gasteiger partial charge is 0.329 e. The molecule has 1 saturated heterocycles. The van der Waals surface area contributed by atoms with Gasteiger partial charge in [0.15, 0.2) is 0 Å². The predicted octanol–water partition coefficient (Wildman–Crippen LogP) is 3.87. The van der Waals surface area contributed by atoms with Crippen LogP contribution < -0.4 is 16.3 Å². The molecule has 1 atom stereocenters. The number of benzene rings is 1. The number of imide groups is 1. The van der Waals surface area contributed by atoms with E-state index >= 15 is 0 Å². The van der Waals surface area contributed by atoms with E-state index in [2.05, 4.69) is 28.6 Å². The number of nitrogens with zero attached hydrogens (tertiary/aromatic N) is 3. The zero-order chi connectivity index (χ0) is 27.1. The first-order chi connectivity index (χ1) is 18.8. The number of aromatic nitrogens is 2. The minimum absolute atomic E-state index is 0.211. The lowest BCUT2D eigenvalue weighted by atomic mass is 9.53. The van der Waals surface area contributed by atoms with Crippen LogP contribution >= 0.6 is 0 Å². The molecule has 5 fully saturated rings. The van der Waals surface area contributed by atoms with E-state index in [1.54, 1.807) is 16.2 Å². The highest BCUT2D eigenvalue weighted by atomic mass is 16.2. The summed E-state index contributed by atoms with van der Waals surface area (Å²) in [5.74, 6) is 2.35. The van der Waals surface area contributed by atoms with Crippen LogP contribution in [0.2, 0.25) is 0 Å². The van der Waals surface area contributed by atoms with Crippen molar-refractivity contribution in [2.45, 2.75) is 95.2 Å². The molecule has 8 nitrogen and oxygen atoms in total. The molecule has 1 unspecified atom stereocenters. The van der Waals surface area contributed by atoms with Crippen LogP contribution in [0.25, 0.3) is 11.0 Å². The highest BCUT2D eigenvalue weighted by Gasteiger charge is 2.50. The van der Waals surface area contributed by atoms with Gasteiger partial charge >= 0.3 is 5.69 Å². The van der Waals surface area contributed by atoms with E-state index in [0.717, 1.165) is 47.4 Å². The summed E-state index contributed by atoms with van der Waals surface area (Å²) >= 11 is 0. The predicted molar refractivity (Wildman–Crippen MR) is 152 cm³/mol. The Morgan fingerprint density at radius 3 is 2.38 bits per heavy atom. The highest BCUT2D eigenvalue weighted by molar-refractivity contribution is 6.00. The molecular formula is C31H45N5O3. The summed E-state index contributed by atoms with van der Waals surface area (Å²) in [5.41, 5.74) is 2.98. The Morgan fingerprint density at radius 1 is 1.00 bits per heavy atom. The number of para-hydroxylation sites is 1. The van der Waals surface area contributed by atoms with Crippen LogP contribution in [0, 0.1) is 17.8 Å². The van der Waals surface area contributed by atoms with E-state index in [0.29, 0.717) is 12.0 Å². The molecule has 4 bridgehead atoms. The zero-order valence-corrected chi connectivity index (χ0v) is 23.7. The topological polar surface area (TPSA) is 88.4 Å². The fourth-order valence-electron chi connectivity index (χ4n) is 8.79. The van der Waals surface area contributed by atoms with Gasteiger partial charge in [-0.05, 0) is 107 Å². The summed E-state index contributed by atoms with van der Waals surface area (Å²) in [6.45, 7) is 2.93. The molecule has 1 aromatic heterocycles. The van der Waals surface area contributed by atoms with E-state index in [9.17, 15) is 14.4 Å². The van der Waals surface area contributed by atoms with Crippen molar-refractivity contribution in [2.75, 3.05) is 20.1 Å². The van der Waals surface area contributed by atoms with Crippen LogP contribution in [-0.2, 0) is 23.2 Å². The first kappa shape index (κ1) is 26.8. The number of carbonyl (C=O) groups is 2. The lowest BCUT2D eigenvalue weighted by Gasteiger charge is -2.57. The molecule has 8 heteroatoms. The smallest absolute Gasteiger partial charge is 0.311 e. The molecule has 1 aliphatic heterocycles. The molecule has 4 saturated carbocycles. The van der Waals surface area contributed by atoms with Crippen molar-refractivity contribution in [3.63, 3.8) is 0 Å². The monoisotopic (exact) mass is 535 g/mol. The van der Waals surface area contributed by atoms with Gasteiger partial charge < -0.3 is 10.2 Å². The average molecular weight is 536 g/mol. The van der Waals surface area contributed by atoms with Crippen LogP contribution in [0.15, 0.2) is 23.0 Å². The van der Waals surface area contributed by atoms with Gasteiger partial charge in [-0.1, -0.05) is 25.0 Å². The molecule has 1 aromatic carbocycles. The van der Waals surface area contributed by atoms with Crippen molar-refractivity contribution in [1.29, 1.82) is 0 Å². The first-order valence-electron chi connectivity index (χ1n) is 15.3. The van der Waals surface area contributed by atoms with Crippen LogP contribution in [0.4, 0.5) is 0 Å². The fourth-order valence-corrected chi connectivity index (χ4v) is 8.79. The summed E-state index contributed by atoms with van der Waals surface area (Å²) in [6.07, 6.45) is 14.3. The minimum atomic E-state index is -0.649. The molecule has 0 spiro atoms. The van der Waals surface area contributed by atoms with E-state index in [1.807, 2.05) is 12.1 Å². The molecule has 2 aromatic rings. The maximum absolute atomic E-state index is 13.2. The maximum atomic E-state index is 13.2. The number of unbranched alkanes of at least 4 members (excludes halogenated alkanes) is 3. The van der Waals surface area contributed by atoms with Gasteiger partial charge in [0.05, 0.1) is 11.0 Å². The normalized spacial score (nSPS) is 30.0.